The minimum atomic E-state index is -3.56. The predicted molar refractivity (Wildman–Crippen MR) is 120 cm³/mol. The molecule has 0 atom stereocenters. The molecule has 1 amide bonds. The van der Waals surface area contributed by atoms with Crippen LogP contribution in [0.4, 0.5) is 5.69 Å². The van der Waals surface area contributed by atoms with Crippen molar-refractivity contribution in [2.75, 3.05) is 25.0 Å². The van der Waals surface area contributed by atoms with E-state index in [9.17, 15) is 13.2 Å². The van der Waals surface area contributed by atoms with Crippen LogP contribution < -0.4 is 10.1 Å². The largest absolute Gasteiger partial charge is 0.483 e. The maximum absolute atomic E-state index is 12.9. The van der Waals surface area contributed by atoms with Gasteiger partial charge < -0.3 is 10.1 Å². The van der Waals surface area contributed by atoms with Gasteiger partial charge in [0.25, 0.3) is 5.91 Å². The zero-order chi connectivity index (χ0) is 21.0. The Morgan fingerprint density at radius 1 is 1.10 bits per heavy atom. The summed E-state index contributed by atoms with van der Waals surface area (Å²) in [5.41, 5.74) is 1.24. The van der Waals surface area contributed by atoms with Crippen LogP contribution in [-0.4, -0.2) is 38.3 Å². The third-order valence-corrected chi connectivity index (χ3v) is 7.70. The van der Waals surface area contributed by atoms with Crippen LogP contribution in [0.1, 0.15) is 24.8 Å². The Bertz CT molecular complexity index is 1010. The number of benzene rings is 2. The minimum absolute atomic E-state index is 0.192. The van der Waals surface area contributed by atoms with Gasteiger partial charge in [-0.2, -0.15) is 4.31 Å². The molecule has 1 fully saturated rings. The normalized spacial score (nSPS) is 15.1. The highest BCUT2D eigenvalue weighted by atomic mass is 79.9. The lowest BCUT2D eigenvalue weighted by Gasteiger charge is -2.26. The molecule has 9 heteroatoms. The standard InChI is InChI=1S/C20H22Br2N2O4S/c1-14-5-7-16(29(26,27)24-9-3-2-4-10-24)12-18(14)23-20(25)13-28-19-8-6-15(21)11-17(19)22/h5-8,11-12H,2-4,9-10,13H2,1H3,(H,23,25). The summed E-state index contributed by atoms with van der Waals surface area (Å²) < 4.78 is 34.5. The van der Waals surface area contributed by atoms with Gasteiger partial charge in [0.05, 0.1) is 9.37 Å². The smallest absolute Gasteiger partial charge is 0.262 e. The van der Waals surface area contributed by atoms with Crippen LogP contribution in [0.15, 0.2) is 50.2 Å². The van der Waals surface area contributed by atoms with Crippen molar-refractivity contribution in [1.29, 1.82) is 0 Å². The molecule has 1 saturated heterocycles. The van der Waals surface area contributed by atoms with Crippen molar-refractivity contribution >= 4 is 53.5 Å². The van der Waals surface area contributed by atoms with Crippen molar-refractivity contribution < 1.29 is 17.9 Å². The van der Waals surface area contributed by atoms with Crippen molar-refractivity contribution in [3.8, 4) is 5.75 Å². The van der Waals surface area contributed by atoms with E-state index in [-0.39, 0.29) is 17.4 Å². The van der Waals surface area contributed by atoms with Gasteiger partial charge in [-0.1, -0.05) is 28.4 Å². The topological polar surface area (TPSA) is 75.7 Å². The Labute approximate surface area is 187 Å². The van der Waals surface area contributed by atoms with E-state index in [2.05, 4.69) is 37.2 Å². The molecule has 0 unspecified atom stereocenters. The van der Waals surface area contributed by atoms with Gasteiger partial charge in [-0.3, -0.25) is 4.79 Å². The quantitative estimate of drug-likeness (QED) is 0.570. The highest BCUT2D eigenvalue weighted by Crippen LogP contribution is 2.28. The van der Waals surface area contributed by atoms with E-state index in [1.807, 2.05) is 19.1 Å². The summed E-state index contributed by atoms with van der Waals surface area (Å²) in [5.74, 6) is 0.178. The number of nitrogens with zero attached hydrogens (tertiary/aromatic N) is 1. The minimum Gasteiger partial charge on any atom is -0.483 e. The fourth-order valence-corrected chi connectivity index (χ4v) is 5.78. The average Bonchev–Trinajstić information content (AvgIpc) is 2.69. The molecule has 156 valence electrons. The van der Waals surface area contributed by atoms with Crippen LogP contribution >= 0.6 is 31.9 Å². The summed E-state index contributed by atoms with van der Waals surface area (Å²) in [7, 11) is -3.56. The molecule has 6 nitrogen and oxygen atoms in total. The van der Waals surface area contributed by atoms with Gasteiger partial charge in [0, 0.05) is 23.2 Å². The van der Waals surface area contributed by atoms with Crippen molar-refractivity contribution in [2.24, 2.45) is 0 Å². The number of ether oxygens (including phenoxy) is 1. The van der Waals surface area contributed by atoms with E-state index in [0.717, 1.165) is 33.8 Å². The molecule has 2 aromatic rings. The maximum Gasteiger partial charge on any atom is 0.262 e. The highest BCUT2D eigenvalue weighted by molar-refractivity contribution is 9.11. The maximum atomic E-state index is 12.9. The van der Waals surface area contributed by atoms with Gasteiger partial charge >= 0.3 is 0 Å². The molecule has 0 spiro atoms. The lowest BCUT2D eigenvalue weighted by molar-refractivity contribution is -0.118. The molecule has 1 aliphatic rings. The predicted octanol–water partition coefficient (Wildman–Crippen LogP) is 4.71. The van der Waals surface area contributed by atoms with E-state index in [0.29, 0.717) is 24.5 Å². The summed E-state index contributed by atoms with van der Waals surface area (Å²) in [5, 5.41) is 2.76. The summed E-state index contributed by atoms with van der Waals surface area (Å²) in [6.07, 6.45) is 2.80. The molecule has 0 radical (unpaired) electrons. The third-order valence-electron chi connectivity index (χ3n) is 4.69. The highest BCUT2D eigenvalue weighted by Gasteiger charge is 2.26. The number of amides is 1. The Kier molecular flexibility index (Phi) is 7.37. The number of sulfonamides is 1. The van der Waals surface area contributed by atoms with Crippen molar-refractivity contribution in [3.63, 3.8) is 0 Å². The van der Waals surface area contributed by atoms with Crippen LogP contribution in [0.5, 0.6) is 5.75 Å². The zero-order valence-corrected chi connectivity index (χ0v) is 19.9. The van der Waals surface area contributed by atoms with Gasteiger partial charge in [-0.05, 0) is 71.6 Å². The first-order chi connectivity index (χ1) is 13.8. The van der Waals surface area contributed by atoms with Gasteiger partial charge in [0.15, 0.2) is 6.61 Å². The number of carbonyl (C=O) groups is 1. The molecule has 1 aliphatic heterocycles. The van der Waals surface area contributed by atoms with Crippen LogP contribution in [-0.2, 0) is 14.8 Å². The summed E-state index contributed by atoms with van der Waals surface area (Å²) in [6, 6.07) is 10.2. The SMILES string of the molecule is Cc1ccc(S(=O)(=O)N2CCCCC2)cc1NC(=O)COc1ccc(Br)cc1Br. The molecule has 0 saturated carbocycles. The second-order valence-electron chi connectivity index (χ2n) is 6.85. The van der Waals surface area contributed by atoms with Crippen molar-refractivity contribution in [3.05, 3.63) is 50.9 Å². The lowest BCUT2D eigenvalue weighted by atomic mass is 10.2. The number of carbonyl (C=O) groups excluding carboxylic acids is 1. The molecule has 0 bridgehead atoms. The number of rotatable bonds is 6. The Balaban J connectivity index is 1.70. The summed E-state index contributed by atoms with van der Waals surface area (Å²) in [6.45, 7) is 2.70. The molecule has 0 aromatic heterocycles. The number of hydrogen-bond donors (Lipinski definition) is 1. The second kappa shape index (κ2) is 9.59. The number of halogens is 2. The lowest BCUT2D eigenvalue weighted by Crippen LogP contribution is -2.35. The Morgan fingerprint density at radius 2 is 1.83 bits per heavy atom. The van der Waals surface area contributed by atoms with Gasteiger partial charge in [-0.15, -0.1) is 0 Å². The van der Waals surface area contributed by atoms with Gasteiger partial charge in [-0.25, -0.2) is 8.42 Å². The molecular formula is C20H22Br2N2O4S. The fourth-order valence-electron chi connectivity index (χ4n) is 3.07. The monoisotopic (exact) mass is 544 g/mol. The summed E-state index contributed by atoms with van der Waals surface area (Å²) >= 11 is 6.75. The van der Waals surface area contributed by atoms with Crippen LogP contribution in [0.25, 0.3) is 0 Å². The number of aryl methyl sites for hydroxylation is 1. The van der Waals surface area contributed by atoms with Crippen molar-refractivity contribution in [1.82, 2.24) is 4.31 Å². The first-order valence-electron chi connectivity index (χ1n) is 9.26. The van der Waals surface area contributed by atoms with E-state index >= 15 is 0 Å². The first-order valence-corrected chi connectivity index (χ1v) is 12.3. The van der Waals surface area contributed by atoms with E-state index in [1.165, 1.54) is 10.4 Å². The zero-order valence-electron chi connectivity index (χ0n) is 16.0. The second-order valence-corrected chi connectivity index (χ2v) is 10.6. The molecule has 1 N–H and O–H groups in total. The van der Waals surface area contributed by atoms with Crippen LogP contribution in [0, 0.1) is 6.92 Å². The molecule has 0 aliphatic carbocycles. The number of hydrogen-bond acceptors (Lipinski definition) is 4. The Hall–Kier alpha value is -1.42. The first kappa shape index (κ1) is 22.3. The molecular weight excluding hydrogens is 524 g/mol. The van der Waals surface area contributed by atoms with Crippen LogP contribution in [0.2, 0.25) is 0 Å². The number of anilines is 1. The third kappa shape index (κ3) is 5.59. The summed E-state index contributed by atoms with van der Waals surface area (Å²) in [4.78, 5) is 12.5. The van der Waals surface area contributed by atoms with E-state index < -0.39 is 10.0 Å². The Morgan fingerprint density at radius 3 is 2.52 bits per heavy atom. The van der Waals surface area contributed by atoms with E-state index in [1.54, 1.807) is 18.2 Å². The van der Waals surface area contributed by atoms with Crippen molar-refractivity contribution in [2.45, 2.75) is 31.1 Å². The molecule has 29 heavy (non-hydrogen) atoms. The van der Waals surface area contributed by atoms with E-state index in [4.69, 9.17) is 4.74 Å². The number of piperidine rings is 1. The molecule has 1 heterocycles. The molecule has 3 rings (SSSR count). The van der Waals surface area contributed by atoms with Gasteiger partial charge in [0.1, 0.15) is 5.75 Å². The van der Waals surface area contributed by atoms with Gasteiger partial charge in [0.2, 0.25) is 10.0 Å². The molecule has 2 aromatic carbocycles. The van der Waals surface area contributed by atoms with Crippen LogP contribution in [0.3, 0.4) is 0 Å². The fraction of sp³-hybridized carbons (Fsp3) is 0.350. The average molecular weight is 546 g/mol. The number of nitrogens with one attached hydrogen (secondary N) is 1.